The van der Waals surface area contributed by atoms with Crippen molar-refractivity contribution in [2.24, 2.45) is 0 Å². The van der Waals surface area contributed by atoms with Gasteiger partial charge in [-0.05, 0) is 0 Å². The lowest BCUT2D eigenvalue weighted by atomic mass is 10.4. The molecule has 1 saturated heterocycles. The van der Waals surface area contributed by atoms with Crippen molar-refractivity contribution in [3.8, 4) is 0 Å². The normalized spacial score (nSPS) is 19.2. The Morgan fingerprint density at radius 2 is 2.23 bits per heavy atom. The topological polar surface area (TPSA) is 41.6 Å². The van der Waals surface area contributed by atoms with Crippen LogP contribution in [0, 0.1) is 0 Å². The second kappa shape index (κ2) is 5.72. The summed E-state index contributed by atoms with van der Waals surface area (Å²) in [4.78, 5) is 13.1. The molecule has 1 rings (SSSR count). The number of carbonyl (C=O) groups is 1. The van der Waals surface area contributed by atoms with Crippen LogP contribution in [0.15, 0.2) is 12.2 Å². The third-order valence-corrected chi connectivity index (χ3v) is 1.98. The summed E-state index contributed by atoms with van der Waals surface area (Å²) in [5.41, 5.74) is 0. The minimum Gasteiger partial charge on any atom is -0.379 e. The highest BCUT2D eigenvalue weighted by atomic mass is 16.5. The van der Waals surface area contributed by atoms with E-state index in [1.54, 1.807) is 13.1 Å². The molecule has 1 heterocycles. The van der Waals surface area contributed by atoms with E-state index >= 15 is 0 Å². The number of amides is 1. The third kappa shape index (κ3) is 4.05. The number of hydrogen-bond acceptors (Lipinski definition) is 3. The first-order valence-electron chi connectivity index (χ1n) is 4.51. The lowest BCUT2D eigenvalue weighted by molar-refractivity contribution is -0.116. The Labute approximate surface area is 78.5 Å². The molecule has 0 aromatic carbocycles. The molecule has 0 aromatic rings. The molecule has 0 unspecified atom stereocenters. The number of ether oxygens (including phenoxy) is 1. The number of likely N-dealkylation sites (N-methyl/N-ethyl adjacent to an activating group) is 1. The average molecular weight is 184 g/mol. The average Bonchev–Trinajstić information content (AvgIpc) is 2.19. The van der Waals surface area contributed by atoms with Crippen molar-refractivity contribution in [2.45, 2.75) is 0 Å². The molecule has 1 aliphatic heterocycles. The summed E-state index contributed by atoms with van der Waals surface area (Å²) in [7, 11) is 1.63. The number of carbonyl (C=O) groups excluding carboxylic acids is 1. The fourth-order valence-corrected chi connectivity index (χ4v) is 1.18. The van der Waals surface area contributed by atoms with Crippen molar-refractivity contribution < 1.29 is 9.53 Å². The molecular weight excluding hydrogens is 168 g/mol. The monoisotopic (exact) mass is 184 g/mol. The molecule has 0 saturated carbocycles. The first-order valence-corrected chi connectivity index (χ1v) is 4.51. The maximum absolute atomic E-state index is 10.8. The fraction of sp³-hybridized carbons (Fsp3) is 0.667. The van der Waals surface area contributed by atoms with Gasteiger partial charge >= 0.3 is 0 Å². The number of morpholine rings is 1. The molecule has 0 bridgehead atoms. The smallest absolute Gasteiger partial charge is 0.243 e. The summed E-state index contributed by atoms with van der Waals surface area (Å²) >= 11 is 0. The lowest BCUT2D eigenvalue weighted by Gasteiger charge is -2.24. The summed E-state index contributed by atoms with van der Waals surface area (Å²) in [6.45, 7) is 4.34. The third-order valence-electron chi connectivity index (χ3n) is 1.98. The number of nitrogens with one attached hydrogen (secondary N) is 1. The van der Waals surface area contributed by atoms with E-state index in [1.165, 1.54) is 0 Å². The molecule has 1 amide bonds. The zero-order valence-electron chi connectivity index (χ0n) is 7.95. The van der Waals surface area contributed by atoms with Crippen molar-refractivity contribution >= 4 is 5.91 Å². The molecule has 4 heteroatoms. The van der Waals surface area contributed by atoms with Crippen LogP contribution in [0.4, 0.5) is 0 Å². The minimum absolute atomic E-state index is 0.0479. The van der Waals surface area contributed by atoms with Crippen LogP contribution in [0.3, 0.4) is 0 Å². The highest BCUT2D eigenvalue weighted by molar-refractivity contribution is 5.87. The van der Waals surface area contributed by atoms with Crippen molar-refractivity contribution in [3.05, 3.63) is 12.2 Å². The van der Waals surface area contributed by atoms with Crippen molar-refractivity contribution in [1.82, 2.24) is 10.2 Å². The molecule has 0 radical (unpaired) electrons. The molecule has 0 aliphatic carbocycles. The van der Waals surface area contributed by atoms with Gasteiger partial charge in [0.1, 0.15) is 0 Å². The van der Waals surface area contributed by atoms with Crippen LogP contribution in [-0.4, -0.2) is 50.7 Å². The molecule has 0 atom stereocenters. The van der Waals surface area contributed by atoms with Gasteiger partial charge in [-0.25, -0.2) is 0 Å². The zero-order chi connectivity index (χ0) is 9.52. The van der Waals surface area contributed by atoms with Crippen molar-refractivity contribution in [1.29, 1.82) is 0 Å². The van der Waals surface area contributed by atoms with Gasteiger partial charge in [0, 0.05) is 32.8 Å². The standard InChI is InChI=1S/C9H16N2O2/c1-10-9(12)3-2-4-11-5-7-13-8-6-11/h2-3H,4-8H2,1H3,(H,10,12)/b3-2-. The molecule has 4 nitrogen and oxygen atoms in total. The Morgan fingerprint density at radius 3 is 2.85 bits per heavy atom. The van der Waals surface area contributed by atoms with E-state index in [4.69, 9.17) is 4.74 Å². The lowest BCUT2D eigenvalue weighted by Crippen LogP contribution is -2.36. The summed E-state index contributed by atoms with van der Waals surface area (Å²) in [6.07, 6.45) is 3.44. The fourth-order valence-electron chi connectivity index (χ4n) is 1.18. The molecule has 1 fully saturated rings. The van der Waals surface area contributed by atoms with Crippen LogP contribution in [-0.2, 0) is 9.53 Å². The van der Waals surface area contributed by atoms with Gasteiger partial charge in [-0.1, -0.05) is 6.08 Å². The Hall–Kier alpha value is -0.870. The van der Waals surface area contributed by atoms with Gasteiger partial charge in [0.25, 0.3) is 0 Å². The Balaban J connectivity index is 2.16. The van der Waals surface area contributed by atoms with Crippen LogP contribution in [0.5, 0.6) is 0 Å². The molecule has 1 aliphatic rings. The highest BCUT2D eigenvalue weighted by Crippen LogP contribution is 1.95. The number of hydrogen-bond donors (Lipinski definition) is 1. The molecule has 74 valence electrons. The van der Waals surface area contributed by atoms with Crippen molar-refractivity contribution in [3.63, 3.8) is 0 Å². The molecular formula is C9H16N2O2. The summed E-state index contributed by atoms with van der Waals surface area (Å²) in [5.74, 6) is -0.0479. The van der Waals surface area contributed by atoms with Crippen LogP contribution < -0.4 is 5.32 Å². The number of rotatable bonds is 3. The van der Waals surface area contributed by atoms with Crippen LogP contribution in [0.25, 0.3) is 0 Å². The van der Waals surface area contributed by atoms with E-state index in [-0.39, 0.29) is 5.91 Å². The van der Waals surface area contributed by atoms with Gasteiger partial charge in [0.2, 0.25) is 5.91 Å². The van der Waals surface area contributed by atoms with Gasteiger partial charge < -0.3 is 10.1 Å². The molecule has 0 spiro atoms. The van der Waals surface area contributed by atoms with E-state index in [9.17, 15) is 4.79 Å². The van der Waals surface area contributed by atoms with Gasteiger partial charge in [-0.2, -0.15) is 0 Å². The van der Waals surface area contributed by atoms with E-state index in [0.29, 0.717) is 0 Å². The molecule has 0 aromatic heterocycles. The van der Waals surface area contributed by atoms with E-state index < -0.39 is 0 Å². The van der Waals surface area contributed by atoms with E-state index in [1.807, 2.05) is 6.08 Å². The largest absolute Gasteiger partial charge is 0.379 e. The second-order valence-corrected chi connectivity index (χ2v) is 2.93. The molecule has 13 heavy (non-hydrogen) atoms. The quantitative estimate of drug-likeness (QED) is 0.608. The maximum atomic E-state index is 10.8. The van der Waals surface area contributed by atoms with Gasteiger partial charge in [0.05, 0.1) is 13.2 Å². The van der Waals surface area contributed by atoms with Gasteiger partial charge in [-0.3, -0.25) is 9.69 Å². The maximum Gasteiger partial charge on any atom is 0.243 e. The Bertz CT molecular complexity index is 186. The minimum atomic E-state index is -0.0479. The first-order chi connectivity index (χ1) is 6.33. The highest BCUT2D eigenvalue weighted by Gasteiger charge is 2.07. The van der Waals surface area contributed by atoms with E-state index in [2.05, 4.69) is 10.2 Å². The van der Waals surface area contributed by atoms with Crippen LogP contribution in [0.1, 0.15) is 0 Å². The zero-order valence-corrected chi connectivity index (χ0v) is 7.95. The Kier molecular flexibility index (Phi) is 4.49. The Morgan fingerprint density at radius 1 is 1.54 bits per heavy atom. The SMILES string of the molecule is CNC(=O)/C=C\CN1CCOCC1. The number of nitrogens with zero attached hydrogens (tertiary/aromatic N) is 1. The van der Waals surface area contributed by atoms with Gasteiger partial charge in [0.15, 0.2) is 0 Å². The van der Waals surface area contributed by atoms with Crippen LogP contribution in [0.2, 0.25) is 0 Å². The summed E-state index contributed by atoms with van der Waals surface area (Å²) in [6, 6.07) is 0. The first kappa shape index (κ1) is 10.2. The summed E-state index contributed by atoms with van der Waals surface area (Å²) < 4.78 is 5.20. The van der Waals surface area contributed by atoms with Gasteiger partial charge in [-0.15, -0.1) is 0 Å². The predicted octanol–water partition coefficient (Wildman–Crippen LogP) is -0.379. The summed E-state index contributed by atoms with van der Waals surface area (Å²) in [5, 5.41) is 2.53. The van der Waals surface area contributed by atoms with E-state index in [0.717, 1.165) is 32.8 Å². The molecule has 1 N–H and O–H groups in total. The second-order valence-electron chi connectivity index (χ2n) is 2.93. The van der Waals surface area contributed by atoms with Crippen LogP contribution >= 0.6 is 0 Å². The van der Waals surface area contributed by atoms with Crippen molar-refractivity contribution in [2.75, 3.05) is 39.9 Å². The predicted molar refractivity (Wildman–Crippen MR) is 50.5 cm³/mol.